The molecule has 10 atom stereocenters. The van der Waals surface area contributed by atoms with Gasteiger partial charge in [0.2, 0.25) is 5.91 Å². The van der Waals surface area contributed by atoms with Crippen LogP contribution in [0.25, 0.3) is 0 Å². The van der Waals surface area contributed by atoms with E-state index in [4.69, 9.17) is 51.4 Å². The Labute approximate surface area is 496 Å². The lowest BCUT2D eigenvalue weighted by Gasteiger charge is -2.47. The minimum Gasteiger partial charge on any atom is -0.497 e. The number of benzene rings is 6. The van der Waals surface area contributed by atoms with E-state index in [1.54, 1.807) is 28.1 Å². The van der Waals surface area contributed by atoms with Crippen LogP contribution in [0.1, 0.15) is 71.2 Å². The molecule has 4 unspecified atom stereocenters. The van der Waals surface area contributed by atoms with Gasteiger partial charge >= 0.3 is 0 Å². The molecule has 2 heterocycles. The monoisotopic (exact) mass is 1160 g/mol. The Morgan fingerprint density at radius 1 is 0.643 bits per heavy atom. The fraction of sp³-hybridized carbons (Fsp3) is 0.385. The number of aliphatic hydroxyl groups excluding tert-OH is 4. The summed E-state index contributed by atoms with van der Waals surface area (Å²) in [5.74, 6) is 3.36. The highest BCUT2D eigenvalue weighted by atomic mass is 16.7. The Hall–Kier alpha value is -7.56. The Kier molecular flexibility index (Phi) is 25.7. The highest BCUT2D eigenvalue weighted by molar-refractivity contribution is 6.13. The largest absolute Gasteiger partial charge is 0.497 e. The maximum atomic E-state index is 13.5. The first-order chi connectivity index (χ1) is 41.5. The number of nitrogens with one attached hydrogen (secondary N) is 2. The summed E-state index contributed by atoms with van der Waals surface area (Å²) in [6, 6.07) is 45.6. The van der Waals surface area contributed by atoms with Crippen molar-refractivity contribution in [1.29, 1.82) is 0 Å². The zero-order valence-corrected chi connectivity index (χ0v) is 49.2. The van der Waals surface area contributed by atoms with E-state index in [1.807, 2.05) is 153 Å². The van der Waals surface area contributed by atoms with Gasteiger partial charge in [-0.05, 0) is 142 Å². The van der Waals surface area contributed by atoms with E-state index in [0.29, 0.717) is 42.9 Å². The SMILES string of the molecule is COc1ccc(C(=NCCN)c2ccc(Oc3ccc(C)cc3)cc2)cc1.COc1ccc(C(=NCCNC(=O)[C@@H]2O[C@@H](OC3C(NC(C)=O)[C@H](C)O[C@@H](CO)[C@H]3O)C(O)C(O)[C@@H]2OC)c2ccc(Oc3ccc(C)cc3)cc2)cc1.[2H]CC.[3H]C. The minimum atomic E-state index is -1.71. The number of carbonyl (C=O) groups is 2. The van der Waals surface area contributed by atoms with E-state index in [0.717, 1.165) is 50.8 Å². The molecule has 8 rings (SSSR count). The fourth-order valence-electron chi connectivity index (χ4n) is 9.13. The smallest absolute Gasteiger partial charge is 0.252 e. The highest BCUT2D eigenvalue weighted by Crippen LogP contribution is 2.31. The van der Waals surface area contributed by atoms with Gasteiger partial charge in [-0.25, -0.2) is 0 Å². The predicted octanol–water partition coefficient (Wildman–Crippen LogP) is 7.50. The van der Waals surface area contributed by atoms with Gasteiger partial charge in [0.05, 0.1) is 57.5 Å². The third kappa shape index (κ3) is 18.5. The van der Waals surface area contributed by atoms with Crippen LogP contribution in [0.3, 0.4) is 0 Å². The first kappa shape index (κ1) is 64.0. The second kappa shape index (κ2) is 33.7. The average Bonchev–Trinajstić information content (AvgIpc) is 2.75. The van der Waals surface area contributed by atoms with Crippen LogP contribution in [0.15, 0.2) is 156 Å². The second-order valence-corrected chi connectivity index (χ2v) is 19.4. The van der Waals surface area contributed by atoms with Crippen molar-refractivity contribution in [3.8, 4) is 34.5 Å². The molecule has 0 spiro atoms. The molecule has 2 aliphatic rings. The molecule has 2 amide bonds. The van der Waals surface area contributed by atoms with Crippen molar-refractivity contribution in [1.82, 2.24) is 10.6 Å². The van der Waals surface area contributed by atoms with E-state index < -0.39 is 79.6 Å². The maximum Gasteiger partial charge on any atom is 0.252 e. The quantitative estimate of drug-likeness (QED) is 0.0272. The number of nitrogens with zero attached hydrogens (tertiary/aromatic N) is 2. The lowest BCUT2D eigenvalue weighted by molar-refractivity contribution is -0.325. The van der Waals surface area contributed by atoms with Crippen LogP contribution in [0, 0.1) is 13.8 Å². The minimum absolute atomic E-state index is 0.0621. The first-order valence-electron chi connectivity index (χ1n) is 29.0. The van der Waals surface area contributed by atoms with Crippen molar-refractivity contribution in [2.24, 2.45) is 15.7 Å². The zero-order valence-electron chi connectivity index (χ0n) is 51.2. The normalized spacial score (nSPS) is 22.3. The number of ether oxygens (including phenoxy) is 8. The van der Waals surface area contributed by atoms with Crippen LogP contribution < -0.4 is 35.3 Å². The summed E-state index contributed by atoms with van der Waals surface area (Å²) in [4.78, 5) is 35.0. The summed E-state index contributed by atoms with van der Waals surface area (Å²) < 4.78 is 57.3. The number of nitrogens with two attached hydrogens (primary N) is 1. The van der Waals surface area contributed by atoms with Gasteiger partial charge in [-0.15, -0.1) is 0 Å². The molecule has 0 aliphatic carbocycles. The molecule has 0 aromatic heterocycles. The van der Waals surface area contributed by atoms with E-state index >= 15 is 0 Å². The molecule has 6 aromatic rings. The predicted molar refractivity (Wildman–Crippen MR) is 324 cm³/mol. The van der Waals surface area contributed by atoms with Gasteiger partial charge in [-0.3, -0.25) is 19.6 Å². The van der Waals surface area contributed by atoms with Crippen LogP contribution in [-0.4, -0.2) is 159 Å². The number of aryl methyl sites for hydroxylation is 2. The van der Waals surface area contributed by atoms with E-state index in [9.17, 15) is 30.0 Å². The van der Waals surface area contributed by atoms with Gasteiger partial charge in [0.25, 0.3) is 5.91 Å². The molecule has 0 saturated carbocycles. The lowest BCUT2D eigenvalue weighted by Crippen LogP contribution is -2.68. The molecule has 0 bridgehead atoms. The van der Waals surface area contributed by atoms with Crippen molar-refractivity contribution in [2.75, 3.05) is 54.1 Å². The van der Waals surface area contributed by atoms with Crippen LogP contribution in [0.4, 0.5) is 0 Å². The zero-order chi connectivity index (χ0) is 62.7. The van der Waals surface area contributed by atoms with Crippen LogP contribution in [0.2, 0.25) is 0 Å². The van der Waals surface area contributed by atoms with Crippen molar-refractivity contribution in [3.63, 3.8) is 0 Å². The molecule has 19 nitrogen and oxygen atoms in total. The van der Waals surface area contributed by atoms with Gasteiger partial charge in [-0.2, -0.15) is 0 Å². The molecule has 2 aliphatic heterocycles. The van der Waals surface area contributed by atoms with Gasteiger partial charge in [0, 0.05) is 52.1 Å². The van der Waals surface area contributed by atoms with Gasteiger partial charge in [-0.1, -0.05) is 56.6 Å². The number of hydrogen-bond acceptors (Lipinski definition) is 17. The standard InChI is InChI=1S/C39H49N3O12.C23H24N2O2.C2H6.CH4/c1-21-6-12-27(13-7-21)52-28-16-10-25(11-17-28)31(24-8-14-26(49-4)15-9-24)40-18-19-41-38(48)37-36(50-5)33(46)34(47)39(54-37)53-35-30(42-23(3)44)22(2)51-29(20-43)32(35)45;1-17-3-9-21(10-4-17)27-22-13-7-19(8-14-22)23(25-16-15-24)18-5-11-20(26-2)12-6-18;1-2;/h6-17,22,29-30,32-37,39,43,45-47H,18-20H2,1-5H3,(H,41,48)(H,42,44);3-14H,15-16,24H2,1-2H3;1-2H3;1H4/t22-,29-,30?,32+,33?,34?,35?,36-,37+,39+;;;/m0.../s1/i;;1D;1T. The van der Waals surface area contributed by atoms with Gasteiger partial charge < -0.3 is 74.7 Å². The second-order valence-electron chi connectivity index (χ2n) is 19.4. The number of methoxy groups -OCH3 is 3. The third-order valence-corrected chi connectivity index (χ3v) is 13.5. The number of hydrogen-bond donors (Lipinski definition) is 7. The lowest BCUT2D eigenvalue weighted by atomic mass is 9.92. The third-order valence-electron chi connectivity index (χ3n) is 13.5. The van der Waals surface area contributed by atoms with Crippen LogP contribution in [0.5, 0.6) is 34.5 Å². The van der Waals surface area contributed by atoms with Crippen LogP contribution >= 0.6 is 0 Å². The van der Waals surface area contributed by atoms with E-state index in [2.05, 4.69) is 22.5 Å². The highest BCUT2D eigenvalue weighted by Gasteiger charge is 2.52. The Morgan fingerprint density at radius 3 is 1.43 bits per heavy atom. The van der Waals surface area contributed by atoms with E-state index in [-0.39, 0.29) is 13.1 Å². The molecule has 2 saturated heterocycles. The molecule has 19 heteroatoms. The molecule has 452 valence electrons. The van der Waals surface area contributed by atoms with Crippen molar-refractivity contribution < 1.29 is 70.7 Å². The molecule has 6 aromatic carbocycles. The summed E-state index contributed by atoms with van der Waals surface area (Å²) >= 11 is 0. The number of aliphatic hydroxyl groups is 4. The van der Waals surface area contributed by atoms with Crippen molar-refractivity contribution in [3.05, 3.63) is 179 Å². The molecule has 84 heavy (non-hydrogen) atoms. The Bertz CT molecular complexity index is 3010. The van der Waals surface area contributed by atoms with Gasteiger partial charge in [0.15, 0.2) is 12.4 Å². The Balaban J connectivity index is 0.000000351. The van der Waals surface area contributed by atoms with E-state index in [1.165, 1.54) is 27.0 Å². The molecule has 2 fully saturated rings. The summed E-state index contributed by atoms with van der Waals surface area (Å²) in [6.45, 7) is 9.99. The summed E-state index contributed by atoms with van der Waals surface area (Å²) in [7, 11) is 5.75. The number of carbonyl (C=O) groups excluding carboxylic acids is 2. The average molecular weight is 1160 g/mol. The molecule has 8 N–H and O–H groups in total. The molecule has 0 radical (unpaired) electrons. The number of rotatable bonds is 21. The summed E-state index contributed by atoms with van der Waals surface area (Å²) in [6.07, 6.45) is -12.2. The molecular formula is C65H83N5O14. The summed E-state index contributed by atoms with van der Waals surface area (Å²) in [5.41, 5.74) is 13.2. The first-order valence-corrected chi connectivity index (χ1v) is 27.3. The summed E-state index contributed by atoms with van der Waals surface area (Å²) in [5, 5.41) is 48.1. The number of amides is 2. The van der Waals surface area contributed by atoms with Crippen LogP contribution in [-0.2, 0) is 28.5 Å². The topological polar surface area (TPSA) is 264 Å². The maximum absolute atomic E-state index is 13.5. The Morgan fingerprint density at radius 2 is 1.05 bits per heavy atom. The van der Waals surface area contributed by atoms with Gasteiger partial charge in [0.1, 0.15) is 71.1 Å². The number of aliphatic imine (C=N–C) groups is 2. The molecular weight excluding hydrogens is 1070 g/mol. The van der Waals surface area contributed by atoms with Crippen molar-refractivity contribution >= 4 is 23.2 Å². The fourth-order valence-corrected chi connectivity index (χ4v) is 9.13. The van der Waals surface area contributed by atoms with Crippen molar-refractivity contribution in [2.45, 2.75) is 110 Å².